The first-order chi connectivity index (χ1) is 11.9. The summed E-state index contributed by atoms with van der Waals surface area (Å²) >= 11 is 5.80. The molecular weight excluding hydrogens is 344 g/mol. The normalized spacial score (nSPS) is 10.5. The smallest absolute Gasteiger partial charge is 0.291 e. The van der Waals surface area contributed by atoms with E-state index in [1.165, 1.54) is 18.2 Å². The molecule has 1 aromatic heterocycles. The third kappa shape index (κ3) is 3.70. The van der Waals surface area contributed by atoms with Crippen LogP contribution in [0.3, 0.4) is 0 Å². The summed E-state index contributed by atoms with van der Waals surface area (Å²) in [4.78, 5) is 22.7. The maximum absolute atomic E-state index is 12.3. The molecule has 6 nitrogen and oxygen atoms in total. The molecule has 0 aliphatic rings. The largest absolute Gasteiger partial charge is 0.451 e. The Hall–Kier alpha value is -3.12. The van der Waals surface area contributed by atoms with E-state index in [0.717, 1.165) is 5.56 Å². The van der Waals surface area contributed by atoms with Crippen LogP contribution in [-0.2, 0) is 0 Å². The fourth-order valence-electron chi connectivity index (χ4n) is 2.34. The first-order valence-corrected chi connectivity index (χ1v) is 7.74. The van der Waals surface area contributed by atoms with Crippen molar-refractivity contribution in [2.45, 2.75) is 6.92 Å². The molecule has 0 aliphatic carbocycles. The van der Waals surface area contributed by atoms with E-state index < -0.39 is 10.8 Å². The number of amides is 1. The lowest BCUT2D eigenvalue weighted by Crippen LogP contribution is -2.10. The average Bonchev–Trinajstić information content (AvgIpc) is 3.05. The monoisotopic (exact) mass is 356 g/mol. The number of carbonyl (C=O) groups is 1. The van der Waals surface area contributed by atoms with E-state index in [2.05, 4.69) is 5.32 Å². The quantitative estimate of drug-likeness (QED) is 0.522. The van der Waals surface area contributed by atoms with Gasteiger partial charge in [0.2, 0.25) is 0 Å². The molecule has 0 radical (unpaired) electrons. The van der Waals surface area contributed by atoms with Crippen molar-refractivity contribution < 1.29 is 14.1 Å². The van der Waals surface area contributed by atoms with Gasteiger partial charge in [-0.2, -0.15) is 0 Å². The lowest BCUT2D eigenvalue weighted by atomic mass is 10.1. The molecule has 0 unspecified atom stereocenters. The molecule has 1 heterocycles. The Morgan fingerprint density at radius 1 is 1.16 bits per heavy atom. The van der Waals surface area contributed by atoms with Gasteiger partial charge in [0.15, 0.2) is 5.76 Å². The molecule has 3 rings (SSSR count). The van der Waals surface area contributed by atoms with Gasteiger partial charge in [0.25, 0.3) is 11.6 Å². The summed E-state index contributed by atoms with van der Waals surface area (Å²) in [7, 11) is 0. The van der Waals surface area contributed by atoms with Crippen LogP contribution in [0.2, 0.25) is 5.02 Å². The van der Waals surface area contributed by atoms with Gasteiger partial charge in [-0.3, -0.25) is 14.9 Å². The molecule has 126 valence electrons. The first-order valence-electron chi connectivity index (χ1n) is 7.36. The summed E-state index contributed by atoms with van der Waals surface area (Å²) < 4.78 is 5.53. The molecule has 0 spiro atoms. The number of anilines is 1. The van der Waals surface area contributed by atoms with Gasteiger partial charge in [-0.1, -0.05) is 23.7 Å². The molecule has 0 saturated carbocycles. The van der Waals surface area contributed by atoms with Crippen LogP contribution in [0.1, 0.15) is 16.1 Å². The van der Waals surface area contributed by atoms with Crippen LogP contribution in [0.25, 0.3) is 11.3 Å². The summed E-state index contributed by atoms with van der Waals surface area (Å²) in [6, 6.07) is 14.8. The number of furan rings is 1. The SMILES string of the molecule is Cc1cccc(NC(=O)c2ccc(-c3ccc(Cl)c([N+](=O)[O-])c3)o2)c1. The van der Waals surface area contributed by atoms with Gasteiger partial charge in [0.1, 0.15) is 10.8 Å². The van der Waals surface area contributed by atoms with Crippen LogP contribution < -0.4 is 5.32 Å². The van der Waals surface area contributed by atoms with Crippen molar-refractivity contribution in [1.29, 1.82) is 0 Å². The van der Waals surface area contributed by atoms with Crippen molar-refractivity contribution in [1.82, 2.24) is 0 Å². The second-order valence-corrected chi connectivity index (χ2v) is 5.82. The van der Waals surface area contributed by atoms with Gasteiger partial charge in [0.05, 0.1) is 4.92 Å². The number of nitrogens with zero attached hydrogens (tertiary/aromatic N) is 1. The molecule has 7 heteroatoms. The van der Waals surface area contributed by atoms with Crippen molar-refractivity contribution in [3.8, 4) is 11.3 Å². The zero-order valence-corrected chi connectivity index (χ0v) is 13.9. The molecule has 0 atom stereocenters. The molecule has 0 saturated heterocycles. The van der Waals surface area contributed by atoms with Crippen molar-refractivity contribution in [3.63, 3.8) is 0 Å². The molecule has 3 aromatic rings. The summed E-state index contributed by atoms with van der Waals surface area (Å²) in [5.74, 6) is 0.0450. The first kappa shape index (κ1) is 16.7. The summed E-state index contributed by atoms with van der Waals surface area (Å²) in [5, 5.41) is 13.8. The number of aryl methyl sites for hydroxylation is 1. The second kappa shape index (κ2) is 6.78. The second-order valence-electron chi connectivity index (χ2n) is 5.41. The number of benzene rings is 2. The standard InChI is InChI=1S/C18H13ClN2O4/c1-11-3-2-4-13(9-11)20-18(22)17-8-7-16(25-17)12-5-6-14(19)15(10-12)21(23)24/h2-10H,1H3,(H,20,22). The summed E-state index contributed by atoms with van der Waals surface area (Å²) in [6.07, 6.45) is 0. The number of hydrogen-bond donors (Lipinski definition) is 1. The Morgan fingerprint density at radius 2 is 1.96 bits per heavy atom. The average molecular weight is 357 g/mol. The lowest BCUT2D eigenvalue weighted by Gasteiger charge is -2.04. The number of nitro groups is 1. The fraction of sp³-hybridized carbons (Fsp3) is 0.0556. The predicted molar refractivity (Wildman–Crippen MR) is 94.9 cm³/mol. The number of hydrogen-bond acceptors (Lipinski definition) is 4. The number of carbonyl (C=O) groups excluding carboxylic acids is 1. The Labute approximate surface area is 148 Å². The molecular formula is C18H13ClN2O4. The predicted octanol–water partition coefficient (Wildman–Crippen LogP) is 5.07. The van der Waals surface area contributed by atoms with Crippen LogP contribution in [-0.4, -0.2) is 10.8 Å². The van der Waals surface area contributed by atoms with Gasteiger partial charge < -0.3 is 9.73 Å². The van der Waals surface area contributed by atoms with E-state index in [9.17, 15) is 14.9 Å². The Bertz CT molecular complexity index is 965. The fourth-order valence-corrected chi connectivity index (χ4v) is 2.52. The third-order valence-electron chi connectivity index (χ3n) is 3.53. The minimum atomic E-state index is -0.569. The molecule has 1 N–H and O–H groups in total. The van der Waals surface area contributed by atoms with Crippen molar-refractivity contribution >= 4 is 28.9 Å². The van der Waals surface area contributed by atoms with E-state index in [0.29, 0.717) is 17.0 Å². The van der Waals surface area contributed by atoms with Crippen molar-refractivity contribution in [3.05, 3.63) is 81.1 Å². The Kier molecular flexibility index (Phi) is 4.54. The number of halogens is 1. The van der Waals surface area contributed by atoms with Gasteiger partial charge in [-0.15, -0.1) is 0 Å². The summed E-state index contributed by atoms with van der Waals surface area (Å²) in [6.45, 7) is 1.92. The lowest BCUT2D eigenvalue weighted by molar-refractivity contribution is -0.384. The number of nitrogens with one attached hydrogen (secondary N) is 1. The minimum absolute atomic E-state index is 0.0396. The molecule has 0 aliphatic heterocycles. The van der Waals surface area contributed by atoms with E-state index in [-0.39, 0.29) is 16.5 Å². The van der Waals surface area contributed by atoms with Crippen LogP contribution in [0, 0.1) is 17.0 Å². The minimum Gasteiger partial charge on any atom is -0.451 e. The van der Waals surface area contributed by atoms with Crippen LogP contribution in [0.5, 0.6) is 0 Å². The van der Waals surface area contributed by atoms with E-state index in [4.69, 9.17) is 16.0 Å². The number of nitro benzene ring substituents is 1. The van der Waals surface area contributed by atoms with E-state index in [1.807, 2.05) is 25.1 Å². The van der Waals surface area contributed by atoms with Crippen molar-refractivity contribution in [2.24, 2.45) is 0 Å². The van der Waals surface area contributed by atoms with Gasteiger partial charge in [0, 0.05) is 17.3 Å². The zero-order chi connectivity index (χ0) is 18.0. The zero-order valence-electron chi connectivity index (χ0n) is 13.2. The molecule has 0 fully saturated rings. The highest BCUT2D eigenvalue weighted by Crippen LogP contribution is 2.31. The maximum atomic E-state index is 12.3. The van der Waals surface area contributed by atoms with Gasteiger partial charge >= 0.3 is 0 Å². The number of rotatable bonds is 4. The molecule has 1 amide bonds. The Balaban J connectivity index is 1.84. The molecule has 2 aromatic carbocycles. The van der Waals surface area contributed by atoms with E-state index >= 15 is 0 Å². The highest BCUT2D eigenvalue weighted by Gasteiger charge is 2.17. The maximum Gasteiger partial charge on any atom is 0.291 e. The molecule has 25 heavy (non-hydrogen) atoms. The summed E-state index contributed by atoms with van der Waals surface area (Å²) in [5.41, 5.74) is 1.92. The third-order valence-corrected chi connectivity index (χ3v) is 3.85. The van der Waals surface area contributed by atoms with Gasteiger partial charge in [-0.05, 0) is 48.9 Å². The Morgan fingerprint density at radius 3 is 2.68 bits per heavy atom. The van der Waals surface area contributed by atoms with Crippen molar-refractivity contribution in [2.75, 3.05) is 5.32 Å². The van der Waals surface area contributed by atoms with Gasteiger partial charge in [-0.25, -0.2) is 0 Å². The van der Waals surface area contributed by atoms with Crippen LogP contribution in [0.15, 0.2) is 59.0 Å². The highest BCUT2D eigenvalue weighted by atomic mass is 35.5. The highest BCUT2D eigenvalue weighted by molar-refractivity contribution is 6.32. The topological polar surface area (TPSA) is 85.4 Å². The molecule has 0 bridgehead atoms. The van der Waals surface area contributed by atoms with Crippen LogP contribution >= 0.6 is 11.6 Å². The van der Waals surface area contributed by atoms with Crippen LogP contribution in [0.4, 0.5) is 11.4 Å². The van der Waals surface area contributed by atoms with E-state index in [1.54, 1.807) is 18.2 Å².